The van der Waals surface area contributed by atoms with Crippen molar-refractivity contribution in [3.8, 4) is 0 Å². The number of methoxy groups -OCH3 is 1. The van der Waals surface area contributed by atoms with Crippen molar-refractivity contribution in [3.05, 3.63) is 34.3 Å². The van der Waals surface area contributed by atoms with E-state index in [1.54, 1.807) is 7.11 Å². The summed E-state index contributed by atoms with van der Waals surface area (Å²) in [7, 11) is 1.80. The zero-order valence-corrected chi connectivity index (χ0v) is 14.6. The average Bonchev–Trinajstić information content (AvgIpc) is 2.49. The van der Waals surface area contributed by atoms with Crippen molar-refractivity contribution in [1.82, 2.24) is 9.80 Å². The Bertz CT molecular complexity index is 506. The summed E-state index contributed by atoms with van der Waals surface area (Å²) in [5.41, 5.74) is 1.08. The van der Waals surface area contributed by atoms with Crippen LogP contribution in [0.2, 0.25) is 0 Å². The molecule has 2 fully saturated rings. The van der Waals surface area contributed by atoms with Gasteiger partial charge in [-0.15, -0.1) is 0 Å². The van der Waals surface area contributed by atoms with Gasteiger partial charge >= 0.3 is 0 Å². The molecular formula is C17H23BrN2O2. The van der Waals surface area contributed by atoms with Crippen LogP contribution in [0.25, 0.3) is 0 Å². The van der Waals surface area contributed by atoms with Crippen molar-refractivity contribution in [1.29, 1.82) is 0 Å². The Kier molecular flexibility index (Phi) is 5.16. The van der Waals surface area contributed by atoms with Crippen LogP contribution in [0, 0.1) is 0 Å². The van der Waals surface area contributed by atoms with Crippen molar-refractivity contribution in [2.24, 2.45) is 0 Å². The lowest BCUT2D eigenvalue weighted by molar-refractivity contribution is -0.138. The van der Waals surface area contributed by atoms with Crippen LogP contribution in [0.5, 0.6) is 0 Å². The summed E-state index contributed by atoms with van der Waals surface area (Å²) in [6.45, 7) is 3.95. The van der Waals surface area contributed by atoms with Crippen LogP contribution in [-0.2, 0) is 16.0 Å². The van der Waals surface area contributed by atoms with Gasteiger partial charge in [-0.2, -0.15) is 0 Å². The van der Waals surface area contributed by atoms with Gasteiger partial charge in [0.05, 0.1) is 12.5 Å². The van der Waals surface area contributed by atoms with E-state index >= 15 is 0 Å². The first-order valence-corrected chi connectivity index (χ1v) is 8.74. The van der Waals surface area contributed by atoms with Gasteiger partial charge in [-0.25, -0.2) is 0 Å². The summed E-state index contributed by atoms with van der Waals surface area (Å²) in [5.74, 6) is 0.241. The van der Waals surface area contributed by atoms with E-state index in [9.17, 15) is 4.79 Å². The smallest absolute Gasteiger partial charge is 0.227 e. The summed E-state index contributed by atoms with van der Waals surface area (Å²) < 4.78 is 6.46. The number of piperidine rings is 1. The minimum atomic E-state index is 0.241. The molecule has 0 N–H and O–H groups in total. The number of amides is 1. The Morgan fingerprint density at radius 3 is 2.45 bits per heavy atom. The molecule has 1 aromatic carbocycles. The Morgan fingerprint density at radius 2 is 1.86 bits per heavy atom. The van der Waals surface area contributed by atoms with Crippen molar-refractivity contribution in [3.63, 3.8) is 0 Å². The second kappa shape index (κ2) is 7.11. The van der Waals surface area contributed by atoms with Crippen LogP contribution in [0.4, 0.5) is 0 Å². The van der Waals surface area contributed by atoms with Gasteiger partial charge in [0.15, 0.2) is 0 Å². The standard InChI is InChI=1S/C17H23BrN2O2/c1-22-16-6-8-19(9-7-16)15-11-20(12-15)17(21)10-13-2-4-14(18)5-3-13/h2-5,15-16H,6-12H2,1H3. The number of carbonyl (C=O) groups excluding carboxylic acids is 1. The summed E-state index contributed by atoms with van der Waals surface area (Å²) >= 11 is 3.42. The zero-order valence-electron chi connectivity index (χ0n) is 13.0. The summed E-state index contributed by atoms with van der Waals surface area (Å²) in [6.07, 6.45) is 3.15. The molecule has 2 heterocycles. The Labute approximate surface area is 140 Å². The molecule has 22 heavy (non-hydrogen) atoms. The molecule has 2 aliphatic rings. The molecule has 5 heteroatoms. The van der Waals surface area contributed by atoms with Crippen molar-refractivity contribution >= 4 is 21.8 Å². The van der Waals surface area contributed by atoms with Gasteiger partial charge in [-0.3, -0.25) is 9.69 Å². The molecule has 2 saturated heterocycles. The maximum atomic E-state index is 12.3. The van der Waals surface area contributed by atoms with E-state index in [2.05, 4.69) is 20.8 Å². The van der Waals surface area contributed by atoms with E-state index in [1.165, 1.54) is 0 Å². The lowest BCUT2D eigenvalue weighted by Crippen LogP contribution is -2.62. The minimum absolute atomic E-state index is 0.241. The first-order chi connectivity index (χ1) is 10.7. The lowest BCUT2D eigenvalue weighted by atomic mass is 10.00. The van der Waals surface area contributed by atoms with Gasteiger partial charge in [0.1, 0.15) is 0 Å². The number of hydrogen-bond acceptors (Lipinski definition) is 3. The number of carbonyl (C=O) groups is 1. The van der Waals surface area contributed by atoms with Crippen LogP contribution < -0.4 is 0 Å². The van der Waals surface area contributed by atoms with E-state index < -0.39 is 0 Å². The highest BCUT2D eigenvalue weighted by Crippen LogP contribution is 2.22. The summed E-state index contributed by atoms with van der Waals surface area (Å²) in [4.78, 5) is 16.8. The van der Waals surface area contributed by atoms with E-state index in [0.717, 1.165) is 49.1 Å². The monoisotopic (exact) mass is 366 g/mol. The molecular weight excluding hydrogens is 344 g/mol. The molecule has 0 aliphatic carbocycles. The maximum Gasteiger partial charge on any atom is 0.227 e. The summed E-state index contributed by atoms with van der Waals surface area (Å²) in [5, 5.41) is 0. The molecule has 0 saturated carbocycles. The van der Waals surface area contributed by atoms with Gasteiger partial charge in [-0.05, 0) is 30.5 Å². The molecule has 0 spiro atoms. The van der Waals surface area contributed by atoms with E-state index in [-0.39, 0.29) is 5.91 Å². The summed E-state index contributed by atoms with van der Waals surface area (Å²) in [6, 6.07) is 8.54. The average molecular weight is 367 g/mol. The number of likely N-dealkylation sites (tertiary alicyclic amines) is 2. The van der Waals surface area contributed by atoms with Crippen LogP contribution in [0.1, 0.15) is 18.4 Å². The molecule has 0 bridgehead atoms. The molecule has 3 rings (SSSR count). The van der Waals surface area contributed by atoms with E-state index in [0.29, 0.717) is 18.6 Å². The Morgan fingerprint density at radius 1 is 1.23 bits per heavy atom. The lowest BCUT2D eigenvalue weighted by Gasteiger charge is -2.47. The highest BCUT2D eigenvalue weighted by atomic mass is 79.9. The first-order valence-electron chi connectivity index (χ1n) is 7.95. The van der Waals surface area contributed by atoms with Gasteiger partial charge in [-0.1, -0.05) is 28.1 Å². The third kappa shape index (κ3) is 3.70. The normalized spacial score (nSPS) is 20.9. The largest absolute Gasteiger partial charge is 0.381 e. The van der Waals surface area contributed by atoms with Gasteiger partial charge in [0.2, 0.25) is 5.91 Å². The predicted molar refractivity (Wildman–Crippen MR) is 89.8 cm³/mol. The number of rotatable bonds is 4. The fourth-order valence-electron chi connectivity index (χ4n) is 3.26. The SMILES string of the molecule is COC1CCN(C2CN(C(=O)Cc3ccc(Br)cc3)C2)CC1. The molecule has 1 amide bonds. The maximum absolute atomic E-state index is 12.3. The van der Waals surface area contributed by atoms with E-state index in [4.69, 9.17) is 4.74 Å². The first kappa shape index (κ1) is 16.0. The van der Waals surface area contributed by atoms with Gasteiger partial charge < -0.3 is 9.64 Å². The van der Waals surface area contributed by atoms with Crippen molar-refractivity contribution in [2.75, 3.05) is 33.3 Å². The Hall–Kier alpha value is -0.910. The molecule has 0 atom stereocenters. The number of nitrogens with zero attached hydrogens (tertiary/aromatic N) is 2. The fourth-order valence-corrected chi connectivity index (χ4v) is 3.52. The van der Waals surface area contributed by atoms with Crippen molar-refractivity contribution < 1.29 is 9.53 Å². The van der Waals surface area contributed by atoms with E-state index in [1.807, 2.05) is 29.2 Å². The molecule has 0 radical (unpaired) electrons. The third-order valence-electron chi connectivity index (χ3n) is 4.81. The van der Waals surface area contributed by atoms with Crippen LogP contribution in [0.15, 0.2) is 28.7 Å². The Balaban J connectivity index is 1.43. The quantitative estimate of drug-likeness (QED) is 0.819. The fraction of sp³-hybridized carbons (Fsp3) is 0.588. The molecule has 2 aliphatic heterocycles. The highest BCUT2D eigenvalue weighted by Gasteiger charge is 2.36. The zero-order chi connectivity index (χ0) is 15.5. The predicted octanol–water partition coefficient (Wildman–Crippen LogP) is 2.31. The number of ether oxygens (including phenoxy) is 1. The number of halogens is 1. The molecule has 4 nitrogen and oxygen atoms in total. The van der Waals surface area contributed by atoms with Crippen LogP contribution in [0.3, 0.4) is 0 Å². The molecule has 120 valence electrons. The molecule has 0 unspecified atom stereocenters. The number of benzene rings is 1. The van der Waals surface area contributed by atoms with Crippen molar-refractivity contribution in [2.45, 2.75) is 31.4 Å². The molecule has 1 aromatic rings. The number of hydrogen-bond donors (Lipinski definition) is 0. The third-order valence-corrected chi connectivity index (χ3v) is 5.34. The van der Waals surface area contributed by atoms with Gasteiger partial charge in [0, 0.05) is 43.8 Å². The molecule has 0 aromatic heterocycles. The highest BCUT2D eigenvalue weighted by molar-refractivity contribution is 9.10. The van der Waals surface area contributed by atoms with Crippen LogP contribution in [-0.4, -0.2) is 61.1 Å². The second-order valence-corrected chi connectivity index (χ2v) is 7.14. The van der Waals surface area contributed by atoms with Gasteiger partial charge in [0.25, 0.3) is 0 Å². The minimum Gasteiger partial charge on any atom is -0.381 e. The topological polar surface area (TPSA) is 32.8 Å². The van der Waals surface area contributed by atoms with Crippen LogP contribution >= 0.6 is 15.9 Å². The second-order valence-electron chi connectivity index (χ2n) is 6.23.